The van der Waals surface area contributed by atoms with Crippen LogP contribution in [0.2, 0.25) is 0 Å². The van der Waals surface area contributed by atoms with Crippen molar-refractivity contribution in [3.05, 3.63) is 54.0 Å². The molecular weight excluding hydrogens is 424 g/mol. The van der Waals surface area contributed by atoms with Crippen molar-refractivity contribution in [2.24, 2.45) is 0 Å². The van der Waals surface area contributed by atoms with Crippen LogP contribution in [-0.4, -0.2) is 69.6 Å². The fraction of sp³-hybridized carbons (Fsp3) is 0.500. The second kappa shape index (κ2) is 10.9. The highest BCUT2D eigenvalue weighted by Gasteiger charge is 2.35. The van der Waals surface area contributed by atoms with Gasteiger partial charge in [0.05, 0.1) is 18.3 Å². The lowest BCUT2D eigenvalue weighted by Gasteiger charge is -2.34. The first kappa shape index (κ1) is 22.7. The second-order valence-corrected chi connectivity index (χ2v) is 9.17. The third kappa shape index (κ3) is 5.48. The molecule has 170 valence electrons. The quantitative estimate of drug-likeness (QED) is 0.623. The van der Waals surface area contributed by atoms with Gasteiger partial charge in [-0.1, -0.05) is 19.3 Å². The van der Waals surface area contributed by atoms with E-state index in [0.29, 0.717) is 30.3 Å². The third-order valence-corrected chi connectivity index (χ3v) is 6.92. The summed E-state index contributed by atoms with van der Waals surface area (Å²) in [5, 5.41) is 0.674. The fourth-order valence-corrected chi connectivity index (χ4v) is 5.07. The van der Waals surface area contributed by atoms with Crippen LogP contribution >= 0.6 is 11.8 Å². The van der Waals surface area contributed by atoms with Crippen molar-refractivity contribution in [3.8, 4) is 0 Å². The first-order valence-electron chi connectivity index (χ1n) is 11.2. The smallest absolute Gasteiger partial charge is 0.257 e. The molecule has 2 amide bonds. The van der Waals surface area contributed by atoms with Crippen LogP contribution in [0.4, 0.5) is 0 Å². The van der Waals surface area contributed by atoms with Crippen molar-refractivity contribution >= 4 is 23.6 Å². The largest absolute Gasteiger partial charge is 0.370 e. The first-order chi connectivity index (χ1) is 15.7. The Morgan fingerprint density at radius 1 is 1.12 bits per heavy atom. The molecule has 0 bridgehead atoms. The number of carbonyl (C=O) groups excluding carboxylic acids is 2. The predicted molar refractivity (Wildman–Crippen MR) is 123 cm³/mol. The van der Waals surface area contributed by atoms with Crippen LogP contribution in [0.5, 0.6) is 0 Å². The van der Waals surface area contributed by atoms with E-state index >= 15 is 0 Å². The molecule has 32 heavy (non-hydrogen) atoms. The molecule has 1 unspecified atom stereocenters. The highest BCUT2D eigenvalue weighted by Crippen LogP contribution is 2.26. The van der Waals surface area contributed by atoms with E-state index < -0.39 is 0 Å². The number of hydrogen-bond acceptors (Lipinski definition) is 6. The minimum atomic E-state index is -0.255. The lowest BCUT2D eigenvalue weighted by Crippen LogP contribution is -2.46. The van der Waals surface area contributed by atoms with Crippen LogP contribution in [0.3, 0.4) is 0 Å². The van der Waals surface area contributed by atoms with Crippen molar-refractivity contribution in [1.29, 1.82) is 0 Å². The van der Waals surface area contributed by atoms with Gasteiger partial charge in [0, 0.05) is 37.7 Å². The van der Waals surface area contributed by atoms with Crippen LogP contribution in [0.15, 0.2) is 47.9 Å². The van der Waals surface area contributed by atoms with Gasteiger partial charge in [0.25, 0.3) is 5.91 Å². The summed E-state index contributed by atoms with van der Waals surface area (Å²) in [5.74, 6) is -0.159. The first-order valence-corrected chi connectivity index (χ1v) is 12.5. The standard InChI is InChI=1S/C24H30N4O3S/c1-32-23-21(8-5-11-26-23)24(30)27-14-20(31-17-18-9-12-25-13-10-18)15-28(22(29)16-27)19-6-3-2-4-7-19/h5,8-13,19-20H,2-4,6-7,14-17H2,1H3. The van der Waals surface area contributed by atoms with Crippen LogP contribution in [-0.2, 0) is 16.1 Å². The Bertz CT molecular complexity index is 920. The highest BCUT2D eigenvalue weighted by atomic mass is 32.2. The van der Waals surface area contributed by atoms with E-state index in [1.165, 1.54) is 18.2 Å². The number of nitrogens with zero attached hydrogens (tertiary/aromatic N) is 4. The van der Waals surface area contributed by atoms with Crippen molar-refractivity contribution < 1.29 is 14.3 Å². The summed E-state index contributed by atoms with van der Waals surface area (Å²) < 4.78 is 6.25. The van der Waals surface area contributed by atoms with Crippen molar-refractivity contribution in [1.82, 2.24) is 19.8 Å². The number of aromatic nitrogens is 2. The maximum absolute atomic E-state index is 13.4. The summed E-state index contributed by atoms with van der Waals surface area (Å²) in [6, 6.07) is 7.62. The predicted octanol–water partition coefficient (Wildman–Crippen LogP) is 3.40. The summed E-state index contributed by atoms with van der Waals surface area (Å²) in [6.07, 6.45) is 12.4. The molecule has 0 N–H and O–H groups in total. The molecule has 2 aromatic rings. The number of carbonyl (C=O) groups is 2. The minimum Gasteiger partial charge on any atom is -0.370 e. The van der Waals surface area contributed by atoms with Gasteiger partial charge in [0.2, 0.25) is 5.91 Å². The number of ether oxygens (including phenoxy) is 1. The molecule has 1 saturated heterocycles. The Balaban J connectivity index is 1.55. The molecule has 0 radical (unpaired) electrons. The normalized spacial score (nSPS) is 20.3. The van der Waals surface area contributed by atoms with E-state index in [2.05, 4.69) is 9.97 Å². The van der Waals surface area contributed by atoms with E-state index in [4.69, 9.17) is 4.74 Å². The topological polar surface area (TPSA) is 75.6 Å². The molecule has 1 saturated carbocycles. The van der Waals surface area contributed by atoms with Crippen LogP contribution in [0, 0.1) is 0 Å². The van der Waals surface area contributed by atoms with Crippen molar-refractivity contribution in [2.75, 3.05) is 25.9 Å². The molecule has 2 aromatic heterocycles. The third-order valence-electron chi connectivity index (χ3n) is 6.20. The average molecular weight is 455 g/mol. The molecule has 2 fully saturated rings. The number of rotatable bonds is 6. The molecule has 3 heterocycles. The lowest BCUT2D eigenvalue weighted by molar-refractivity contribution is -0.134. The molecule has 1 aliphatic heterocycles. The molecule has 1 atom stereocenters. The number of hydrogen-bond donors (Lipinski definition) is 0. The number of thioether (sulfide) groups is 1. The Morgan fingerprint density at radius 3 is 2.66 bits per heavy atom. The minimum absolute atomic E-state index is 0.00912. The summed E-state index contributed by atoms with van der Waals surface area (Å²) in [7, 11) is 0. The second-order valence-electron chi connectivity index (χ2n) is 8.37. The van der Waals surface area contributed by atoms with Gasteiger partial charge in [0.1, 0.15) is 11.6 Å². The van der Waals surface area contributed by atoms with Crippen LogP contribution < -0.4 is 0 Å². The Morgan fingerprint density at radius 2 is 1.91 bits per heavy atom. The SMILES string of the molecule is CSc1ncccc1C(=O)N1CC(=O)N(C2CCCCC2)CC(OCc2ccncc2)C1. The van der Waals surface area contributed by atoms with E-state index in [0.717, 1.165) is 31.2 Å². The van der Waals surface area contributed by atoms with Gasteiger partial charge in [0.15, 0.2) is 0 Å². The van der Waals surface area contributed by atoms with Crippen LogP contribution in [0.1, 0.15) is 48.0 Å². The molecular formula is C24H30N4O3S. The lowest BCUT2D eigenvalue weighted by atomic mass is 9.94. The van der Waals surface area contributed by atoms with Crippen molar-refractivity contribution in [2.45, 2.75) is 55.9 Å². The molecule has 0 spiro atoms. The zero-order valence-electron chi connectivity index (χ0n) is 18.5. The highest BCUT2D eigenvalue weighted by molar-refractivity contribution is 7.98. The molecule has 1 aliphatic carbocycles. The summed E-state index contributed by atoms with van der Waals surface area (Å²) >= 11 is 1.43. The Kier molecular flexibility index (Phi) is 7.76. The van der Waals surface area contributed by atoms with E-state index in [9.17, 15) is 9.59 Å². The molecule has 0 aromatic carbocycles. The molecule has 4 rings (SSSR count). The summed E-state index contributed by atoms with van der Waals surface area (Å²) in [4.78, 5) is 38.7. The van der Waals surface area contributed by atoms with E-state index in [-0.39, 0.29) is 30.5 Å². The number of pyridine rings is 2. The molecule has 8 heteroatoms. The average Bonchev–Trinajstić information content (AvgIpc) is 3.02. The maximum atomic E-state index is 13.4. The fourth-order valence-electron chi connectivity index (χ4n) is 4.53. The van der Waals surface area contributed by atoms with Crippen LogP contribution in [0.25, 0.3) is 0 Å². The maximum Gasteiger partial charge on any atom is 0.257 e. The molecule has 2 aliphatic rings. The van der Waals surface area contributed by atoms with Gasteiger partial charge in [-0.25, -0.2) is 4.98 Å². The summed E-state index contributed by atoms with van der Waals surface area (Å²) in [5.41, 5.74) is 1.56. The van der Waals surface area contributed by atoms with E-state index in [1.54, 1.807) is 35.6 Å². The van der Waals surface area contributed by atoms with Gasteiger partial charge in [-0.3, -0.25) is 14.6 Å². The van der Waals surface area contributed by atoms with Gasteiger partial charge in [-0.15, -0.1) is 11.8 Å². The van der Waals surface area contributed by atoms with E-state index in [1.807, 2.05) is 23.3 Å². The zero-order chi connectivity index (χ0) is 22.3. The van der Waals surface area contributed by atoms with Gasteiger partial charge in [-0.05, 0) is 48.9 Å². The van der Waals surface area contributed by atoms with Crippen molar-refractivity contribution in [3.63, 3.8) is 0 Å². The Labute approximate surface area is 193 Å². The van der Waals surface area contributed by atoms with Gasteiger partial charge >= 0.3 is 0 Å². The Hall–Kier alpha value is -2.45. The van der Waals surface area contributed by atoms with Gasteiger partial charge in [-0.2, -0.15) is 0 Å². The summed E-state index contributed by atoms with van der Waals surface area (Å²) in [6.45, 7) is 1.39. The number of amides is 2. The zero-order valence-corrected chi connectivity index (χ0v) is 19.3. The molecule has 7 nitrogen and oxygen atoms in total. The monoisotopic (exact) mass is 454 g/mol. The van der Waals surface area contributed by atoms with Gasteiger partial charge < -0.3 is 14.5 Å².